The molecule has 118 valence electrons. The van der Waals surface area contributed by atoms with Crippen LogP contribution in [0.25, 0.3) is 10.4 Å². The Morgan fingerprint density at radius 3 is 2.91 bits per heavy atom. The highest BCUT2D eigenvalue weighted by atomic mass is 16.8. The van der Waals surface area contributed by atoms with Gasteiger partial charge in [-0.1, -0.05) is 5.11 Å². The fourth-order valence-electron chi connectivity index (χ4n) is 2.77. The van der Waals surface area contributed by atoms with E-state index in [0.29, 0.717) is 0 Å². The second-order valence-electron chi connectivity index (χ2n) is 5.59. The first-order valence-electron chi connectivity index (χ1n) is 6.78. The molecule has 22 heavy (non-hydrogen) atoms. The molecule has 0 saturated carbocycles. The number of hydrogen-bond acceptors (Lipinski definition) is 7. The van der Waals surface area contributed by atoms with E-state index in [2.05, 4.69) is 15.0 Å². The lowest BCUT2D eigenvalue weighted by atomic mass is 10.1. The van der Waals surface area contributed by atoms with Gasteiger partial charge in [-0.15, -0.1) is 0 Å². The fourth-order valence-corrected chi connectivity index (χ4v) is 2.77. The quantitative estimate of drug-likeness (QED) is 0.491. The third kappa shape index (κ3) is 2.53. The summed E-state index contributed by atoms with van der Waals surface area (Å²) in [6.07, 6.45) is -0.660. The number of nitrogens with zero attached hydrogens (tertiary/aromatic N) is 5. The molecule has 0 bridgehead atoms. The summed E-state index contributed by atoms with van der Waals surface area (Å²) in [7, 11) is 0. The highest BCUT2D eigenvalue weighted by Crippen LogP contribution is 2.42. The molecule has 2 aliphatic rings. The van der Waals surface area contributed by atoms with Crippen molar-refractivity contribution in [3.63, 3.8) is 0 Å². The Morgan fingerprint density at radius 1 is 1.50 bits per heavy atom. The van der Waals surface area contributed by atoms with Crippen LogP contribution in [0, 0.1) is 0 Å². The van der Waals surface area contributed by atoms with Crippen molar-refractivity contribution in [2.75, 3.05) is 12.3 Å². The fraction of sp³-hybridized carbons (Fsp3) is 0.667. The average molecular weight is 308 g/mol. The van der Waals surface area contributed by atoms with Gasteiger partial charge in [0.2, 0.25) is 0 Å². The van der Waals surface area contributed by atoms with E-state index in [9.17, 15) is 4.79 Å². The zero-order valence-electron chi connectivity index (χ0n) is 12.1. The Hall–Kier alpha value is -2.13. The molecule has 0 spiro atoms. The van der Waals surface area contributed by atoms with Crippen LogP contribution in [0.2, 0.25) is 0 Å². The van der Waals surface area contributed by atoms with Crippen molar-refractivity contribution in [2.24, 2.45) is 5.11 Å². The van der Waals surface area contributed by atoms with Gasteiger partial charge >= 0.3 is 5.69 Å². The van der Waals surface area contributed by atoms with E-state index in [-0.39, 0.29) is 12.4 Å². The first-order chi connectivity index (χ1) is 10.4. The van der Waals surface area contributed by atoms with E-state index in [4.69, 9.17) is 25.5 Å². The van der Waals surface area contributed by atoms with Gasteiger partial charge in [-0.2, -0.15) is 4.98 Å². The van der Waals surface area contributed by atoms with Crippen LogP contribution < -0.4 is 11.4 Å². The number of anilines is 1. The standard InChI is InChI=1S/C12H16N6O4/c1-12(2)21-8-6(5-15-17-14)20-10(9(8)22-12)18-4-3-7(13)16-11(18)19/h3-4,6,8-10H,5H2,1-2H3,(H2,13,16,19)/t6-,8+,9?,10-/m1/s1. The summed E-state index contributed by atoms with van der Waals surface area (Å²) in [4.78, 5) is 18.4. The Bertz CT molecular complexity index is 682. The Labute approximate surface area is 125 Å². The molecule has 2 saturated heterocycles. The second kappa shape index (κ2) is 5.25. The van der Waals surface area contributed by atoms with Crippen LogP contribution >= 0.6 is 0 Å². The van der Waals surface area contributed by atoms with Gasteiger partial charge in [-0.05, 0) is 25.4 Å². The number of aromatic nitrogens is 2. The van der Waals surface area contributed by atoms with E-state index in [1.54, 1.807) is 13.8 Å². The zero-order chi connectivity index (χ0) is 15.9. The summed E-state index contributed by atoms with van der Waals surface area (Å²) >= 11 is 0. The van der Waals surface area contributed by atoms with Gasteiger partial charge in [0, 0.05) is 11.1 Å². The number of rotatable bonds is 3. The predicted octanol–water partition coefficient (Wildman–Crippen LogP) is 0.553. The van der Waals surface area contributed by atoms with Gasteiger partial charge in [0.1, 0.15) is 18.0 Å². The van der Waals surface area contributed by atoms with Crippen molar-refractivity contribution in [3.8, 4) is 0 Å². The Kier molecular flexibility index (Phi) is 3.53. The Morgan fingerprint density at radius 2 is 2.23 bits per heavy atom. The van der Waals surface area contributed by atoms with Crippen LogP contribution in [0.3, 0.4) is 0 Å². The third-order valence-electron chi connectivity index (χ3n) is 3.58. The molecule has 1 unspecified atom stereocenters. The predicted molar refractivity (Wildman–Crippen MR) is 74.7 cm³/mol. The SMILES string of the molecule is CC1(C)OC2[C@@H](O1)[C@@H](CN=[N+]=[N-])O[C@H]2n1ccc(N)nc1=O. The van der Waals surface area contributed by atoms with Crippen LogP contribution in [0.15, 0.2) is 22.2 Å². The molecule has 0 aromatic carbocycles. The molecule has 1 aromatic rings. The summed E-state index contributed by atoms with van der Waals surface area (Å²) in [5, 5.41) is 3.52. The number of nitrogens with two attached hydrogens (primary N) is 1. The molecule has 0 amide bonds. The van der Waals surface area contributed by atoms with E-state index in [1.807, 2.05) is 0 Å². The molecule has 0 aliphatic carbocycles. The summed E-state index contributed by atoms with van der Waals surface area (Å²) < 4.78 is 18.7. The number of azide groups is 1. The van der Waals surface area contributed by atoms with E-state index >= 15 is 0 Å². The monoisotopic (exact) mass is 308 g/mol. The highest BCUT2D eigenvalue weighted by molar-refractivity contribution is 5.23. The number of hydrogen-bond donors (Lipinski definition) is 1. The maximum Gasteiger partial charge on any atom is 0.351 e. The lowest BCUT2D eigenvalue weighted by Crippen LogP contribution is -2.35. The highest BCUT2D eigenvalue weighted by Gasteiger charge is 2.55. The molecule has 0 radical (unpaired) electrons. The third-order valence-corrected chi connectivity index (χ3v) is 3.58. The van der Waals surface area contributed by atoms with Crippen molar-refractivity contribution in [2.45, 2.75) is 44.2 Å². The number of nitrogen functional groups attached to an aromatic ring is 1. The maximum atomic E-state index is 12.0. The van der Waals surface area contributed by atoms with Gasteiger partial charge in [-0.25, -0.2) is 4.79 Å². The van der Waals surface area contributed by atoms with Crippen molar-refractivity contribution < 1.29 is 14.2 Å². The number of fused-ring (bicyclic) bond motifs is 1. The van der Waals surface area contributed by atoms with Crippen molar-refractivity contribution in [1.82, 2.24) is 9.55 Å². The topological polar surface area (TPSA) is 137 Å². The minimum absolute atomic E-state index is 0.0881. The van der Waals surface area contributed by atoms with Crippen LogP contribution in [0.1, 0.15) is 20.1 Å². The molecule has 10 heteroatoms. The van der Waals surface area contributed by atoms with Crippen LogP contribution in [-0.2, 0) is 14.2 Å². The smallest absolute Gasteiger partial charge is 0.351 e. The summed E-state index contributed by atoms with van der Waals surface area (Å²) in [5.74, 6) is -0.679. The average Bonchev–Trinajstić information content (AvgIpc) is 2.91. The van der Waals surface area contributed by atoms with Gasteiger partial charge in [0.15, 0.2) is 12.0 Å². The van der Waals surface area contributed by atoms with Gasteiger partial charge in [0.05, 0.1) is 12.6 Å². The minimum atomic E-state index is -0.809. The molecular weight excluding hydrogens is 292 g/mol. The zero-order valence-corrected chi connectivity index (χ0v) is 12.1. The summed E-state index contributed by atoms with van der Waals surface area (Å²) in [6.45, 7) is 3.64. The van der Waals surface area contributed by atoms with Crippen LogP contribution in [0.5, 0.6) is 0 Å². The Balaban J connectivity index is 1.94. The van der Waals surface area contributed by atoms with Crippen LogP contribution in [-0.4, -0.2) is 40.2 Å². The van der Waals surface area contributed by atoms with Crippen molar-refractivity contribution in [1.29, 1.82) is 0 Å². The summed E-state index contributed by atoms with van der Waals surface area (Å²) in [6, 6.07) is 1.50. The van der Waals surface area contributed by atoms with Crippen molar-refractivity contribution in [3.05, 3.63) is 33.2 Å². The normalized spacial score (nSPS) is 32.5. The second-order valence-corrected chi connectivity index (χ2v) is 5.59. The van der Waals surface area contributed by atoms with Crippen molar-refractivity contribution >= 4 is 5.82 Å². The van der Waals surface area contributed by atoms with Gasteiger partial charge in [0.25, 0.3) is 0 Å². The molecule has 2 aliphatic heterocycles. The first-order valence-corrected chi connectivity index (χ1v) is 6.78. The van der Waals surface area contributed by atoms with E-state index in [1.165, 1.54) is 16.8 Å². The molecule has 2 N–H and O–H groups in total. The molecule has 2 fully saturated rings. The van der Waals surface area contributed by atoms with Gasteiger partial charge in [-0.3, -0.25) is 4.57 Å². The van der Waals surface area contributed by atoms with Gasteiger partial charge < -0.3 is 19.9 Å². The lowest BCUT2D eigenvalue weighted by molar-refractivity contribution is -0.196. The van der Waals surface area contributed by atoms with E-state index < -0.39 is 36.0 Å². The molecule has 1 aromatic heterocycles. The van der Waals surface area contributed by atoms with Crippen LogP contribution in [0.4, 0.5) is 5.82 Å². The molecule has 3 rings (SSSR count). The minimum Gasteiger partial charge on any atom is -0.383 e. The molecule has 4 atom stereocenters. The molecule has 3 heterocycles. The largest absolute Gasteiger partial charge is 0.383 e. The number of ether oxygens (including phenoxy) is 3. The first kappa shape index (κ1) is 14.8. The molecular formula is C12H16N6O4. The van der Waals surface area contributed by atoms with E-state index in [0.717, 1.165) is 0 Å². The maximum absolute atomic E-state index is 12.0. The molecule has 10 nitrogen and oxygen atoms in total. The lowest BCUT2D eigenvalue weighted by Gasteiger charge is -2.24. The summed E-state index contributed by atoms with van der Waals surface area (Å²) in [5.41, 5.74) is 13.4.